The maximum absolute atomic E-state index is 10.2. The highest BCUT2D eigenvalue weighted by atomic mass is 35.5. The molecule has 0 fully saturated rings. The molecule has 0 bridgehead atoms. The highest BCUT2D eigenvalue weighted by Gasteiger charge is 2.02. The molecular weight excluding hydrogens is 274 g/mol. The van der Waals surface area contributed by atoms with E-state index in [1.54, 1.807) is 18.2 Å². The second kappa shape index (κ2) is 7.60. The second-order valence-corrected chi connectivity index (χ2v) is 3.76. The quantitative estimate of drug-likeness (QED) is 0.840. The molecule has 0 radical (unpaired) electrons. The summed E-state index contributed by atoms with van der Waals surface area (Å²) in [5.74, 6) is -0.313. The molecule has 1 aromatic rings. The summed E-state index contributed by atoms with van der Waals surface area (Å²) in [6, 6.07) is 4.90. The Labute approximate surface area is 110 Å². The van der Waals surface area contributed by atoms with Crippen molar-refractivity contribution in [2.45, 2.75) is 12.8 Å². The standard InChI is InChI=1S/C10H10Cl2O3.ClH/c11-7-3-4-9(8(12)6-7)15-5-1-2-10(13)14;/h3-4,6H,1-2,5H2,(H,13,14);1H. The Morgan fingerprint density at radius 1 is 1.38 bits per heavy atom. The van der Waals surface area contributed by atoms with E-state index in [9.17, 15) is 4.79 Å². The average Bonchev–Trinajstić information content (AvgIpc) is 2.14. The monoisotopic (exact) mass is 284 g/mol. The predicted molar refractivity (Wildman–Crippen MR) is 66.1 cm³/mol. The summed E-state index contributed by atoms with van der Waals surface area (Å²) >= 11 is 11.5. The third-order valence-corrected chi connectivity index (χ3v) is 2.22. The van der Waals surface area contributed by atoms with Crippen LogP contribution in [0.3, 0.4) is 0 Å². The fourth-order valence-electron chi connectivity index (χ4n) is 0.998. The van der Waals surface area contributed by atoms with Crippen LogP contribution < -0.4 is 4.74 Å². The first kappa shape index (κ1) is 15.4. The first-order valence-electron chi connectivity index (χ1n) is 4.39. The average molecular weight is 286 g/mol. The van der Waals surface area contributed by atoms with E-state index in [4.69, 9.17) is 33.0 Å². The molecule has 1 aromatic carbocycles. The van der Waals surface area contributed by atoms with Crippen molar-refractivity contribution in [1.29, 1.82) is 0 Å². The summed E-state index contributed by atoms with van der Waals surface area (Å²) < 4.78 is 5.29. The Morgan fingerprint density at radius 2 is 2.06 bits per heavy atom. The summed E-state index contributed by atoms with van der Waals surface area (Å²) in [6.45, 7) is 0.327. The molecule has 0 spiro atoms. The number of carbonyl (C=O) groups is 1. The van der Waals surface area contributed by atoms with Crippen LogP contribution in [0.25, 0.3) is 0 Å². The molecule has 3 nitrogen and oxygen atoms in total. The Kier molecular flexibility index (Phi) is 7.30. The van der Waals surface area contributed by atoms with Gasteiger partial charge in [0.1, 0.15) is 5.75 Å². The molecule has 0 aliphatic rings. The van der Waals surface area contributed by atoms with Crippen molar-refractivity contribution in [2.75, 3.05) is 6.61 Å². The van der Waals surface area contributed by atoms with Gasteiger partial charge in [-0.05, 0) is 24.6 Å². The van der Waals surface area contributed by atoms with Gasteiger partial charge in [-0.2, -0.15) is 0 Å². The summed E-state index contributed by atoms with van der Waals surface area (Å²) in [4.78, 5) is 10.2. The Morgan fingerprint density at radius 3 is 2.62 bits per heavy atom. The Hall–Kier alpha value is -0.640. The zero-order chi connectivity index (χ0) is 11.3. The van der Waals surface area contributed by atoms with E-state index in [0.717, 1.165) is 0 Å². The van der Waals surface area contributed by atoms with E-state index in [-0.39, 0.29) is 18.8 Å². The van der Waals surface area contributed by atoms with Crippen molar-refractivity contribution in [2.24, 2.45) is 0 Å². The number of hydrogen-bond acceptors (Lipinski definition) is 2. The normalized spacial score (nSPS) is 9.38. The molecular formula is C10H11Cl3O3. The number of halogens is 3. The van der Waals surface area contributed by atoms with Gasteiger partial charge in [0.15, 0.2) is 0 Å². The smallest absolute Gasteiger partial charge is 0.303 e. The molecule has 0 saturated carbocycles. The highest BCUT2D eigenvalue weighted by molar-refractivity contribution is 6.35. The zero-order valence-electron chi connectivity index (χ0n) is 8.28. The lowest BCUT2D eigenvalue weighted by molar-refractivity contribution is -0.137. The topological polar surface area (TPSA) is 46.5 Å². The van der Waals surface area contributed by atoms with Crippen LogP contribution in [-0.4, -0.2) is 17.7 Å². The molecule has 0 saturated heterocycles. The third-order valence-electron chi connectivity index (χ3n) is 1.69. The highest BCUT2D eigenvalue weighted by Crippen LogP contribution is 2.27. The molecule has 0 aliphatic heterocycles. The van der Waals surface area contributed by atoms with E-state index < -0.39 is 5.97 Å². The number of carboxylic acid groups (broad SMARTS) is 1. The first-order chi connectivity index (χ1) is 7.09. The molecule has 0 atom stereocenters. The fraction of sp³-hybridized carbons (Fsp3) is 0.300. The van der Waals surface area contributed by atoms with Crippen LogP contribution in [-0.2, 0) is 4.79 Å². The van der Waals surface area contributed by atoms with E-state index in [1.165, 1.54) is 0 Å². The van der Waals surface area contributed by atoms with Crippen LogP contribution in [0.4, 0.5) is 0 Å². The lowest BCUT2D eigenvalue weighted by Crippen LogP contribution is -2.02. The molecule has 16 heavy (non-hydrogen) atoms. The van der Waals surface area contributed by atoms with Gasteiger partial charge in [-0.1, -0.05) is 23.2 Å². The van der Waals surface area contributed by atoms with E-state index in [0.29, 0.717) is 28.8 Å². The maximum atomic E-state index is 10.2. The van der Waals surface area contributed by atoms with Crippen LogP contribution in [0.2, 0.25) is 10.0 Å². The molecule has 0 aliphatic carbocycles. The summed E-state index contributed by atoms with van der Waals surface area (Å²) in [5, 5.41) is 9.37. The van der Waals surface area contributed by atoms with Gasteiger partial charge in [0.2, 0.25) is 0 Å². The summed E-state index contributed by atoms with van der Waals surface area (Å²) in [7, 11) is 0. The lowest BCUT2D eigenvalue weighted by Gasteiger charge is -2.06. The van der Waals surface area contributed by atoms with Crippen LogP contribution in [0.15, 0.2) is 18.2 Å². The van der Waals surface area contributed by atoms with E-state index >= 15 is 0 Å². The van der Waals surface area contributed by atoms with Gasteiger partial charge in [-0.25, -0.2) is 0 Å². The molecule has 0 heterocycles. The van der Waals surface area contributed by atoms with Gasteiger partial charge in [-0.15, -0.1) is 12.4 Å². The number of aliphatic carboxylic acids is 1. The van der Waals surface area contributed by atoms with Gasteiger partial charge in [0.05, 0.1) is 11.6 Å². The SMILES string of the molecule is Cl.O=C(O)CCCOc1ccc(Cl)cc1Cl. The zero-order valence-corrected chi connectivity index (χ0v) is 10.6. The van der Waals surface area contributed by atoms with E-state index in [2.05, 4.69) is 0 Å². The molecule has 1 N–H and O–H groups in total. The molecule has 90 valence electrons. The molecule has 0 aromatic heterocycles. The minimum atomic E-state index is -0.833. The molecule has 0 amide bonds. The van der Waals surface area contributed by atoms with Gasteiger partial charge < -0.3 is 9.84 Å². The van der Waals surface area contributed by atoms with Crippen molar-refractivity contribution in [3.63, 3.8) is 0 Å². The summed E-state index contributed by atoms with van der Waals surface area (Å²) in [5.41, 5.74) is 0. The number of benzene rings is 1. The second-order valence-electron chi connectivity index (χ2n) is 2.92. The van der Waals surface area contributed by atoms with Crippen molar-refractivity contribution in [3.8, 4) is 5.75 Å². The largest absolute Gasteiger partial charge is 0.492 e. The number of rotatable bonds is 5. The predicted octanol–water partition coefficient (Wildman–Crippen LogP) is 3.66. The van der Waals surface area contributed by atoms with E-state index in [1.807, 2.05) is 0 Å². The van der Waals surface area contributed by atoms with Gasteiger partial charge in [-0.3, -0.25) is 4.79 Å². The van der Waals surface area contributed by atoms with Crippen LogP contribution in [0.5, 0.6) is 5.75 Å². The minimum Gasteiger partial charge on any atom is -0.492 e. The number of ether oxygens (including phenoxy) is 1. The van der Waals surface area contributed by atoms with Gasteiger partial charge in [0, 0.05) is 11.4 Å². The van der Waals surface area contributed by atoms with Crippen molar-refractivity contribution < 1.29 is 14.6 Å². The van der Waals surface area contributed by atoms with Gasteiger partial charge in [0.25, 0.3) is 0 Å². The fourth-order valence-corrected chi connectivity index (χ4v) is 1.46. The number of hydrogen-bond donors (Lipinski definition) is 1. The lowest BCUT2D eigenvalue weighted by atomic mass is 10.3. The third kappa shape index (κ3) is 5.45. The maximum Gasteiger partial charge on any atom is 0.303 e. The van der Waals surface area contributed by atoms with Gasteiger partial charge >= 0.3 is 5.97 Å². The van der Waals surface area contributed by atoms with Crippen molar-refractivity contribution in [3.05, 3.63) is 28.2 Å². The minimum absolute atomic E-state index is 0. The van der Waals surface area contributed by atoms with Crippen molar-refractivity contribution in [1.82, 2.24) is 0 Å². The molecule has 1 rings (SSSR count). The Bertz CT molecular complexity index is 355. The molecule has 0 unspecified atom stereocenters. The summed E-state index contributed by atoms with van der Waals surface area (Å²) in [6.07, 6.45) is 0.541. The molecule has 6 heteroatoms. The van der Waals surface area contributed by atoms with Crippen molar-refractivity contribution >= 4 is 41.6 Å². The number of carboxylic acids is 1. The van der Waals surface area contributed by atoms with Crippen LogP contribution in [0.1, 0.15) is 12.8 Å². The first-order valence-corrected chi connectivity index (χ1v) is 5.15. The Balaban J connectivity index is 0.00000225. The van der Waals surface area contributed by atoms with Crippen LogP contribution >= 0.6 is 35.6 Å². The van der Waals surface area contributed by atoms with Crippen LogP contribution in [0, 0.1) is 0 Å².